The highest BCUT2D eigenvalue weighted by molar-refractivity contribution is 5.47. The molecule has 0 aliphatic rings. The van der Waals surface area contributed by atoms with Crippen molar-refractivity contribution in [2.45, 2.75) is 97.3 Å². The highest BCUT2D eigenvalue weighted by Gasteiger charge is 2.07. The van der Waals surface area contributed by atoms with Gasteiger partial charge in [0.15, 0.2) is 0 Å². The first-order valence-electron chi connectivity index (χ1n) is 15.9. The molecular weight excluding hydrogens is 496 g/mol. The SMILES string of the molecule is CCCCc1cc(N)ccc1Cc1ccc(CCCCCc2ccc(Cc3ccc(N)cc3CCCC)cc2)cc1. The van der Waals surface area contributed by atoms with Gasteiger partial charge >= 0.3 is 0 Å². The standard InChI is InChI=1S/C39H50N2/c1-3-5-12-34-28-38(40)24-22-36(34)26-32-18-14-30(15-19-32)10-8-7-9-11-31-16-20-33(21-17-31)27-37-23-25-39(41)29-35(37)13-6-4-2/h14-25,28-29H,3-13,26-27,40-41H2,1-2H3. The van der Waals surface area contributed by atoms with E-state index in [9.17, 15) is 0 Å². The molecule has 0 aliphatic heterocycles. The zero-order valence-electron chi connectivity index (χ0n) is 25.4. The van der Waals surface area contributed by atoms with Crippen molar-refractivity contribution in [2.75, 3.05) is 11.5 Å². The Balaban J connectivity index is 1.19. The minimum atomic E-state index is 0.873. The Hall–Kier alpha value is -3.52. The third-order valence-corrected chi connectivity index (χ3v) is 8.33. The number of nitrogen functional groups attached to an aromatic ring is 2. The van der Waals surface area contributed by atoms with Gasteiger partial charge in [0.1, 0.15) is 0 Å². The summed E-state index contributed by atoms with van der Waals surface area (Å²) in [5.74, 6) is 0. The van der Waals surface area contributed by atoms with E-state index >= 15 is 0 Å². The zero-order valence-corrected chi connectivity index (χ0v) is 25.4. The molecule has 2 nitrogen and oxygen atoms in total. The molecule has 4 N–H and O–H groups in total. The van der Waals surface area contributed by atoms with Crippen LogP contribution in [0.25, 0.3) is 0 Å². The minimum Gasteiger partial charge on any atom is -0.399 e. The smallest absolute Gasteiger partial charge is 0.0316 e. The van der Waals surface area contributed by atoms with Crippen LogP contribution < -0.4 is 11.5 Å². The van der Waals surface area contributed by atoms with E-state index in [0.29, 0.717) is 0 Å². The van der Waals surface area contributed by atoms with Crippen LogP contribution in [0.1, 0.15) is 103 Å². The van der Waals surface area contributed by atoms with Crippen LogP contribution in [-0.2, 0) is 38.5 Å². The Bertz CT molecular complexity index is 1230. The average molecular weight is 547 g/mol. The van der Waals surface area contributed by atoms with Crippen LogP contribution in [0.4, 0.5) is 11.4 Å². The lowest BCUT2D eigenvalue weighted by atomic mass is 9.94. The van der Waals surface area contributed by atoms with Gasteiger partial charge in [-0.25, -0.2) is 0 Å². The molecule has 216 valence electrons. The summed E-state index contributed by atoms with van der Waals surface area (Å²) in [4.78, 5) is 0. The van der Waals surface area contributed by atoms with E-state index in [1.54, 1.807) is 0 Å². The van der Waals surface area contributed by atoms with Crippen molar-refractivity contribution in [1.29, 1.82) is 0 Å². The molecule has 0 aliphatic carbocycles. The monoisotopic (exact) mass is 546 g/mol. The van der Waals surface area contributed by atoms with Crippen molar-refractivity contribution in [3.8, 4) is 0 Å². The lowest BCUT2D eigenvalue weighted by Gasteiger charge is -2.11. The summed E-state index contributed by atoms with van der Waals surface area (Å²) in [5, 5.41) is 0. The third kappa shape index (κ3) is 9.81. The predicted octanol–water partition coefficient (Wildman–Crippen LogP) is 9.67. The van der Waals surface area contributed by atoms with E-state index in [1.165, 1.54) is 89.5 Å². The highest BCUT2D eigenvalue weighted by atomic mass is 14.5. The Labute approximate surface area is 249 Å². The molecule has 0 radical (unpaired) electrons. The summed E-state index contributed by atoms with van der Waals surface area (Å²) in [6.07, 6.45) is 15.1. The first-order valence-corrected chi connectivity index (χ1v) is 15.9. The molecule has 0 saturated heterocycles. The fraction of sp³-hybridized carbons (Fsp3) is 0.385. The van der Waals surface area contributed by atoms with Crippen molar-refractivity contribution in [3.05, 3.63) is 129 Å². The van der Waals surface area contributed by atoms with Gasteiger partial charge in [-0.05, 0) is 133 Å². The van der Waals surface area contributed by atoms with Gasteiger partial charge < -0.3 is 11.5 Å². The van der Waals surface area contributed by atoms with Gasteiger partial charge in [-0.15, -0.1) is 0 Å². The molecule has 4 aromatic rings. The van der Waals surface area contributed by atoms with Gasteiger partial charge in [0.2, 0.25) is 0 Å². The molecule has 0 aromatic heterocycles. The maximum absolute atomic E-state index is 6.06. The van der Waals surface area contributed by atoms with Gasteiger partial charge in [-0.3, -0.25) is 0 Å². The number of hydrogen-bond acceptors (Lipinski definition) is 2. The van der Waals surface area contributed by atoms with E-state index in [2.05, 4.69) is 86.6 Å². The van der Waals surface area contributed by atoms with Crippen LogP contribution in [0.15, 0.2) is 84.9 Å². The molecule has 0 amide bonds. The second-order valence-corrected chi connectivity index (χ2v) is 11.8. The molecule has 0 atom stereocenters. The van der Waals surface area contributed by atoms with Crippen LogP contribution in [0.3, 0.4) is 0 Å². The Morgan fingerprint density at radius 2 is 0.780 bits per heavy atom. The number of anilines is 2. The second-order valence-electron chi connectivity index (χ2n) is 11.8. The number of benzene rings is 4. The van der Waals surface area contributed by atoms with Gasteiger partial charge in [0, 0.05) is 11.4 Å². The Morgan fingerprint density at radius 1 is 0.390 bits per heavy atom. The van der Waals surface area contributed by atoms with E-state index in [-0.39, 0.29) is 0 Å². The highest BCUT2D eigenvalue weighted by Crippen LogP contribution is 2.22. The fourth-order valence-electron chi connectivity index (χ4n) is 5.76. The predicted molar refractivity (Wildman–Crippen MR) is 179 cm³/mol. The van der Waals surface area contributed by atoms with Crippen LogP contribution in [0.5, 0.6) is 0 Å². The summed E-state index contributed by atoms with van der Waals surface area (Å²) < 4.78 is 0. The Kier molecular flexibility index (Phi) is 11.9. The fourth-order valence-corrected chi connectivity index (χ4v) is 5.76. The van der Waals surface area contributed by atoms with Gasteiger partial charge in [-0.1, -0.05) is 93.8 Å². The van der Waals surface area contributed by atoms with Gasteiger partial charge in [0.05, 0.1) is 0 Å². The molecule has 0 fully saturated rings. The van der Waals surface area contributed by atoms with E-state index < -0.39 is 0 Å². The number of unbranched alkanes of at least 4 members (excludes halogenated alkanes) is 4. The lowest BCUT2D eigenvalue weighted by Crippen LogP contribution is -1.99. The van der Waals surface area contributed by atoms with Gasteiger partial charge in [0.25, 0.3) is 0 Å². The van der Waals surface area contributed by atoms with E-state index in [4.69, 9.17) is 11.5 Å². The van der Waals surface area contributed by atoms with Gasteiger partial charge in [-0.2, -0.15) is 0 Å². The zero-order chi connectivity index (χ0) is 28.9. The van der Waals surface area contributed by atoms with Crippen molar-refractivity contribution < 1.29 is 0 Å². The first kappa shape index (κ1) is 30.4. The van der Waals surface area contributed by atoms with Crippen molar-refractivity contribution >= 4 is 11.4 Å². The quantitative estimate of drug-likeness (QED) is 0.109. The summed E-state index contributed by atoms with van der Waals surface area (Å²) in [5.41, 5.74) is 25.2. The molecular formula is C39H50N2. The maximum atomic E-state index is 6.06. The minimum absolute atomic E-state index is 0.873. The summed E-state index contributed by atoms with van der Waals surface area (Å²) >= 11 is 0. The molecule has 0 bridgehead atoms. The summed E-state index contributed by atoms with van der Waals surface area (Å²) in [7, 11) is 0. The number of hydrogen-bond donors (Lipinski definition) is 2. The summed E-state index contributed by atoms with van der Waals surface area (Å²) in [6.45, 7) is 4.49. The second kappa shape index (κ2) is 16.1. The molecule has 4 rings (SSSR count). The number of nitrogens with two attached hydrogens (primary N) is 2. The van der Waals surface area contributed by atoms with Crippen LogP contribution >= 0.6 is 0 Å². The average Bonchev–Trinajstić information content (AvgIpc) is 2.98. The number of aryl methyl sites for hydroxylation is 4. The van der Waals surface area contributed by atoms with E-state index in [1.807, 2.05) is 12.1 Å². The Morgan fingerprint density at radius 3 is 1.17 bits per heavy atom. The summed E-state index contributed by atoms with van der Waals surface area (Å²) in [6, 6.07) is 31.4. The lowest BCUT2D eigenvalue weighted by molar-refractivity contribution is 0.678. The third-order valence-electron chi connectivity index (χ3n) is 8.33. The topological polar surface area (TPSA) is 52.0 Å². The largest absolute Gasteiger partial charge is 0.399 e. The molecule has 0 unspecified atom stereocenters. The first-order chi connectivity index (χ1) is 20.0. The maximum Gasteiger partial charge on any atom is 0.0316 e. The molecule has 0 saturated carbocycles. The normalized spacial score (nSPS) is 11.2. The van der Waals surface area contributed by atoms with Crippen molar-refractivity contribution in [3.63, 3.8) is 0 Å². The van der Waals surface area contributed by atoms with E-state index in [0.717, 1.165) is 49.9 Å². The van der Waals surface area contributed by atoms with Crippen LogP contribution in [0, 0.1) is 0 Å². The van der Waals surface area contributed by atoms with Crippen molar-refractivity contribution in [2.24, 2.45) is 0 Å². The number of rotatable bonds is 16. The molecule has 41 heavy (non-hydrogen) atoms. The molecule has 4 aromatic carbocycles. The van der Waals surface area contributed by atoms with Crippen LogP contribution in [-0.4, -0.2) is 0 Å². The van der Waals surface area contributed by atoms with Crippen molar-refractivity contribution in [1.82, 2.24) is 0 Å². The molecule has 0 spiro atoms. The molecule has 0 heterocycles. The van der Waals surface area contributed by atoms with Crippen LogP contribution in [0.2, 0.25) is 0 Å². The molecule has 2 heteroatoms.